The molecule has 2 heterocycles. The number of nitrogens with zero attached hydrogens (tertiary/aromatic N) is 3. The summed E-state index contributed by atoms with van der Waals surface area (Å²) in [7, 11) is 0. The Labute approximate surface area is 156 Å². The molecule has 7 heteroatoms. The van der Waals surface area contributed by atoms with Gasteiger partial charge in [0.05, 0.1) is 26.2 Å². The molecule has 1 aliphatic heterocycles. The Balaban J connectivity index is 1.35. The molecule has 2 N–H and O–H groups in total. The Hall–Kier alpha value is -2.57. The SMILES string of the molecule is Oc1ccc(N2CC[NH+](Cc3nc(-c4cccc(Cl)c4)no3)CC2)cc1. The van der Waals surface area contributed by atoms with Gasteiger partial charge in [0.25, 0.3) is 5.89 Å². The number of phenols is 1. The largest absolute Gasteiger partial charge is 0.508 e. The lowest BCUT2D eigenvalue weighted by Gasteiger charge is -2.33. The van der Waals surface area contributed by atoms with Gasteiger partial charge in [-0.25, -0.2) is 0 Å². The molecule has 0 unspecified atom stereocenters. The first kappa shape index (κ1) is 16.9. The molecule has 1 saturated heterocycles. The monoisotopic (exact) mass is 371 g/mol. The summed E-state index contributed by atoms with van der Waals surface area (Å²) in [6.07, 6.45) is 0. The number of quaternary nitrogens is 1. The number of halogens is 1. The molecule has 0 amide bonds. The first-order chi connectivity index (χ1) is 12.7. The number of anilines is 1. The molecule has 6 nitrogen and oxygen atoms in total. The van der Waals surface area contributed by atoms with E-state index in [0.717, 1.165) is 44.0 Å². The highest BCUT2D eigenvalue weighted by Crippen LogP contribution is 2.20. The van der Waals surface area contributed by atoms with Gasteiger partial charge in [0.1, 0.15) is 5.75 Å². The zero-order valence-electron chi connectivity index (χ0n) is 14.2. The summed E-state index contributed by atoms with van der Waals surface area (Å²) in [5, 5.41) is 14.1. The van der Waals surface area contributed by atoms with E-state index < -0.39 is 0 Å². The van der Waals surface area contributed by atoms with E-state index >= 15 is 0 Å². The third kappa shape index (κ3) is 3.81. The molecule has 1 aromatic heterocycles. The maximum Gasteiger partial charge on any atom is 0.282 e. The molecule has 0 bridgehead atoms. The van der Waals surface area contributed by atoms with E-state index in [1.807, 2.05) is 36.4 Å². The van der Waals surface area contributed by atoms with Crippen molar-refractivity contribution in [1.29, 1.82) is 0 Å². The van der Waals surface area contributed by atoms with Gasteiger partial charge in [0.2, 0.25) is 5.82 Å². The zero-order valence-corrected chi connectivity index (χ0v) is 15.0. The molecule has 0 aliphatic carbocycles. The van der Waals surface area contributed by atoms with Crippen LogP contribution in [0.4, 0.5) is 5.69 Å². The summed E-state index contributed by atoms with van der Waals surface area (Å²) < 4.78 is 5.42. The fraction of sp³-hybridized carbons (Fsp3) is 0.263. The Kier molecular flexibility index (Phi) is 4.77. The molecule has 4 rings (SSSR count). The summed E-state index contributed by atoms with van der Waals surface area (Å²) in [6.45, 7) is 4.62. The highest BCUT2D eigenvalue weighted by molar-refractivity contribution is 6.30. The van der Waals surface area contributed by atoms with Crippen molar-refractivity contribution in [2.75, 3.05) is 31.1 Å². The number of hydrogen-bond acceptors (Lipinski definition) is 5. The second kappa shape index (κ2) is 7.35. The molecule has 0 saturated carbocycles. The van der Waals surface area contributed by atoms with Gasteiger partial charge in [0.15, 0.2) is 6.54 Å². The van der Waals surface area contributed by atoms with Crippen LogP contribution >= 0.6 is 11.6 Å². The van der Waals surface area contributed by atoms with Crippen LogP contribution in [-0.4, -0.2) is 41.4 Å². The second-order valence-electron chi connectivity index (χ2n) is 6.45. The lowest BCUT2D eigenvalue weighted by molar-refractivity contribution is -0.915. The molecule has 1 aliphatic rings. The first-order valence-electron chi connectivity index (χ1n) is 8.63. The molecule has 0 radical (unpaired) electrons. The van der Waals surface area contributed by atoms with Crippen LogP contribution in [0.2, 0.25) is 5.02 Å². The van der Waals surface area contributed by atoms with Crippen molar-refractivity contribution in [2.24, 2.45) is 0 Å². The number of hydrogen-bond donors (Lipinski definition) is 2. The number of rotatable bonds is 4. The number of aromatic hydroxyl groups is 1. The maximum absolute atomic E-state index is 9.41. The third-order valence-corrected chi connectivity index (χ3v) is 4.87. The minimum atomic E-state index is 0.296. The third-order valence-electron chi connectivity index (χ3n) is 4.64. The quantitative estimate of drug-likeness (QED) is 0.734. The van der Waals surface area contributed by atoms with Gasteiger partial charge in [-0.05, 0) is 36.4 Å². The molecular weight excluding hydrogens is 352 g/mol. The normalized spacial score (nSPS) is 15.3. The molecule has 0 spiro atoms. The van der Waals surface area contributed by atoms with Gasteiger partial charge < -0.3 is 19.4 Å². The van der Waals surface area contributed by atoms with Crippen LogP contribution in [0.25, 0.3) is 11.4 Å². The van der Waals surface area contributed by atoms with Crippen LogP contribution in [0.1, 0.15) is 5.89 Å². The van der Waals surface area contributed by atoms with E-state index in [1.165, 1.54) is 4.90 Å². The van der Waals surface area contributed by atoms with Gasteiger partial charge in [-0.3, -0.25) is 0 Å². The first-order valence-corrected chi connectivity index (χ1v) is 9.01. The highest BCUT2D eigenvalue weighted by atomic mass is 35.5. The van der Waals surface area contributed by atoms with Gasteiger partial charge in [-0.1, -0.05) is 28.9 Å². The Bertz CT molecular complexity index is 873. The fourth-order valence-corrected chi connectivity index (χ4v) is 3.40. The summed E-state index contributed by atoms with van der Waals surface area (Å²) in [5.41, 5.74) is 2.00. The van der Waals surface area contributed by atoms with Crippen molar-refractivity contribution in [1.82, 2.24) is 10.1 Å². The molecule has 0 atom stereocenters. The Morgan fingerprint density at radius 2 is 1.88 bits per heavy atom. The number of aromatic nitrogens is 2. The Morgan fingerprint density at radius 3 is 2.62 bits per heavy atom. The molecule has 2 aromatic carbocycles. The van der Waals surface area contributed by atoms with Crippen LogP contribution in [-0.2, 0) is 6.54 Å². The zero-order chi connectivity index (χ0) is 17.9. The fourth-order valence-electron chi connectivity index (χ4n) is 3.21. The van der Waals surface area contributed by atoms with Crippen molar-refractivity contribution >= 4 is 17.3 Å². The number of phenolic OH excluding ortho intramolecular Hbond substituents is 1. The number of nitrogens with one attached hydrogen (secondary N) is 1. The summed E-state index contributed by atoms with van der Waals surface area (Å²) in [6, 6.07) is 14.8. The molecule has 1 fully saturated rings. The van der Waals surface area contributed by atoms with E-state index in [-0.39, 0.29) is 0 Å². The summed E-state index contributed by atoms with van der Waals surface area (Å²) in [5.74, 6) is 1.52. The predicted octanol–water partition coefficient (Wildman–Crippen LogP) is 2.00. The molecule has 3 aromatic rings. The maximum atomic E-state index is 9.41. The summed E-state index contributed by atoms with van der Waals surface area (Å²) >= 11 is 6.02. The van der Waals surface area contributed by atoms with Crippen LogP contribution in [0.5, 0.6) is 5.75 Å². The number of benzene rings is 2. The van der Waals surface area contributed by atoms with Crippen LogP contribution < -0.4 is 9.80 Å². The molecular formula is C19H20ClN4O2+. The van der Waals surface area contributed by atoms with Crippen LogP contribution in [0.15, 0.2) is 53.1 Å². The van der Waals surface area contributed by atoms with E-state index in [9.17, 15) is 5.11 Å². The minimum absolute atomic E-state index is 0.296. The van der Waals surface area contributed by atoms with Crippen molar-refractivity contribution in [3.63, 3.8) is 0 Å². The lowest BCUT2D eigenvalue weighted by Crippen LogP contribution is -3.13. The standard InChI is InChI=1S/C19H19ClN4O2/c20-15-3-1-2-14(12-15)19-21-18(26-22-19)13-23-8-10-24(11-9-23)16-4-6-17(25)7-5-16/h1-7,12,25H,8-11,13H2/p+1. The van der Waals surface area contributed by atoms with Crippen molar-refractivity contribution in [3.8, 4) is 17.1 Å². The summed E-state index contributed by atoms with van der Waals surface area (Å²) in [4.78, 5) is 8.25. The van der Waals surface area contributed by atoms with E-state index in [0.29, 0.717) is 22.5 Å². The van der Waals surface area contributed by atoms with E-state index in [1.54, 1.807) is 12.1 Å². The van der Waals surface area contributed by atoms with Crippen molar-refractivity contribution in [3.05, 3.63) is 59.4 Å². The predicted molar refractivity (Wildman–Crippen MR) is 99.5 cm³/mol. The second-order valence-corrected chi connectivity index (χ2v) is 6.89. The van der Waals surface area contributed by atoms with Gasteiger partial charge in [0, 0.05) is 16.3 Å². The Morgan fingerprint density at radius 1 is 1.12 bits per heavy atom. The highest BCUT2D eigenvalue weighted by Gasteiger charge is 2.22. The number of piperazine rings is 1. The van der Waals surface area contributed by atoms with Gasteiger partial charge in [-0.15, -0.1) is 0 Å². The average Bonchev–Trinajstić information content (AvgIpc) is 3.12. The molecule has 134 valence electrons. The average molecular weight is 372 g/mol. The molecule has 26 heavy (non-hydrogen) atoms. The van der Waals surface area contributed by atoms with Crippen molar-refractivity contribution < 1.29 is 14.5 Å². The van der Waals surface area contributed by atoms with Crippen LogP contribution in [0, 0.1) is 0 Å². The van der Waals surface area contributed by atoms with Crippen LogP contribution in [0.3, 0.4) is 0 Å². The van der Waals surface area contributed by atoms with E-state index in [4.69, 9.17) is 16.1 Å². The lowest BCUT2D eigenvalue weighted by atomic mass is 10.2. The minimum Gasteiger partial charge on any atom is -0.508 e. The van der Waals surface area contributed by atoms with Gasteiger partial charge in [-0.2, -0.15) is 4.98 Å². The van der Waals surface area contributed by atoms with Gasteiger partial charge >= 0.3 is 0 Å². The van der Waals surface area contributed by atoms with E-state index in [2.05, 4.69) is 15.0 Å². The van der Waals surface area contributed by atoms with Crippen molar-refractivity contribution in [2.45, 2.75) is 6.54 Å². The smallest absolute Gasteiger partial charge is 0.282 e. The topological polar surface area (TPSA) is 66.8 Å².